The van der Waals surface area contributed by atoms with Crippen LogP contribution >= 0.6 is 0 Å². The first kappa shape index (κ1) is 17.2. The number of carbonyl (C=O) groups is 1. The highest BCUT2D eigenvalue weighted by molar-refractivity contribution is 5.79. The van der Waals surface area contributed by atoms with Crippen molar-refractivity contribution in [2.24, 2.45) is 5.92 Å². The first-order valence-electron chi connectivity index (χ1n) is 9.46. The van der Waals surface area contributed by atoms with E-state index in [0.717, 1.165) is 25.7 Å². The maximum Gasteiger partial charge on any atom is 0.225 e. The van der Waals surface area contributed by atoms with E-state index < -0.39 is 0 Å². The highest BCUT2D eigenvalue weighted by Gasteiger charge is 2.34. The highest BCUT2D eigenvalue weighted by Crippen LogP contribution is 2.36. The maximum atomic E-state index is 13.0. The van der Waals surface area contributed by atoms with Gasteiger partial charge in [-0.3, -0.25) is 4.79 Å². The number of amides is 1. The average Bonchev–Trinajstić information content (AvgIpc) is 3.15. The minimum absolute atomic E-state index is 0.126. The molecular weight excluding hydrogens is 330 g/mol. The summed E-state index contributed by atoms with van der Waals surface area (Å²) in [5.74, 6) is 2.02. The number of nitrogens with zero attached hydrogens (tertiary/aromatic N) is 3. The molecule has 2 fully saturated rings. The molecule has 1 aliphatic heterocycles. The third-order valence-electron chi connectivity index (χ3n) is 5.56. The number of morpholine rings is 1. The highest BCUT2D eigenvalue weighted by atomic mass is 16.5. The molecule has 26 heavy (non-hydrogen) atoms. The zero-order chi connectivity index (χ0) is 17.9. The molecular formula is C20H25N3O3. The van der Waals surface area contributed by atoms with Gasteiger partial charge in [-0.15, -0.1) is 0 Å². The van der Waals surface area contributed by atoms with Crippen LogP contribution in [-0.2, 0) is 9.53 Å². The Balaban J connectivity index is 1.34. The van der Waals surface area contributed by atoms with E-state index in [1.165, 1.54) is 5.56 Å². The van der Waals surface area contributed by atoms with Crippen LogP contribution in [0.15, 0.2) is 34.9 Å². The summed E-state index contributed by atoms with van der Waals surface area (Å²) in [5.41, 5.74) is 1.40. The van der Waals surface area contributed by atoms with Crippen molar-refractivity contribution in [3.05, 3.63) is 47.6 Å². The second-order valence-corrected chi connectivity index (χ2v) is 7.27. The molecule has 2 aliphatic rings. The van der Waals surface area contributed by atoms with E-state index >= 15 is 0 Å². The zero-order valence-electron chi connectivity index (χ0n) is 15.1. The first-order valence-corrected chi connectivity index (χ1v) is 9.46. The van der Waals surface area contributed by atoms with Gasteiger partial charge in [0.15, 0.2) is 0 Å². The molecule has 6 heteroatoms. The molecule has 0 radical (unpaired) electrons. The summed E-state index contributed by atoms with van der Waals surface area (Å²) in [4.78, 5) is 19.2. The average molecular weight is 355 g/mol. The number of ether oxygens (including phenoxy) is 1. The van der Waals surface area contributed by atoms with Crippen LogP contribution in [0.2, 0.25) is 0 Å². The molecule has 138 valence electrons. The van der Waals surface area contributed by atoms with Gasteiger partial charge in [-0.1, -0.05) is 35.5 Å². The van der Waals surface area contributed by atoms with Crippen molar-refractivity contribution in [3.63, 3.8) is 0 Å². The lowest BCUT2D eigenvalue weighted by molar-refractivity contribution is -0.144. The molecule has 1 saturated heterocycles. The van der Waals surface area contributed by atoms with Gasteiger partial charge in [-0.05, 0) is 37.2 Å². The van der Waals surface area contributed by atoms with Gasteiger partial charge in [-0.25, -0.2) is 0 Å². The van der Waals surface area contributed by atoms with Gasteiger partial charge in [0.05, 0.1) is 13.2 Å². The Labute approximate surface area is 153 Å². The Hall–Kier alpha value is -2.21. The van der Waals surface area contributed by atoms with Crippen molar-refractivity contribution in [2.45, 2.75) is 44.6 Å². The van der Waals surface area contributed by atoms with Gasteiger partial charge in [0.25, 0.3) is 0 Å². The largest absolute Gasteiger partial charge is 0.366 e. The van der Waals surface area contributed by atoms with Crippen molar-refractivity contribution in [1.29, 1.82) is 0 Å². The van der Waals surface area contributed by atoms with E-state index in [1.807, 2.05) is 4.90 Å². The maximum absolute atomic E-state index is 13.0. The summed E-state index contributed by atoms with van der Waals surface area (Å²) in [6.45, 7) is 3.43. The van der Waals surface area contributed by atoms with Crippen molar-refractivity contribution < 1.29 is 14.1 Å². The number of hydrogen-bond donors (Lipinski definition) is 0. The molecule has 1 aromatic heterocycles. The lowest BCUT2D eigenvalue weighted by Crippen LogP contribution is -2.45. The molecule has 2 heterocycles. The SMILES string of the molecule is Cc1nc([C@H]2CN(C(=O)C3CCC(c4ccccc4)CC3)CCO2)no1. The number of carbonyl (C=O) groups excluding carboxylic acids is 1. The molecule has 1 saturated carbocycles. The number of benzene rings is 1. The fourth-order valence-electron chi connectivity index (χ4n) is 4.11. The van der Waals surface area contributed by atoms with Crippen LogP contribution < -0.4 is 0 Å². The van der Waals surface area contributed by atoms with Gasteiger partial charge >= 0.3 is 0 Å². The Morgan fingerprint density at radius 2 is 1.92 bits per heavy atom. The van der Waals surface area contributed by atoms with E-state index in [9.17, 15) is 4.79 Å². The summed E-state index contributed by atoms with van der Waals surface area (Å²) >= 11 is 0. The predicted octanol–water partition coefficient (Wildman–Crippen LogP) is 3.25. The second kappa shape index (κ2) is 7.58. The van der Waals surface area contributed by atoms with Crippen LogP contribution in [0.4, 0.5) is 0 Å². The zero-order valence-corrected chi connectivity index (χ0v) is 15.1. The van der Waals surface area contributed by atoms with Crippen LogP contribution in [0.3, 0.4) is 0 Å². The van der Waals surface area contributed by atoms with E-state index in [0.29, 0.717) is 37.3 Å². The van der Waals surface area contributed by atoms with Gasteiger partial charge < -0.3 is 14.2 Å². The molecule has 0 bridgehead atoms. The van der Waals surface area contributed by atoms with E-state index in [1.54, 1.807) is 6.92 Å². The number of aryl methyl sites for hydroxylation is 1. The Bertz CT molecular complexity index is 738. The fraction of sp³-hybridized carbons (Fsp3) is 0.550. The molecule has 1 amide bonds. The lowest BCUT2D eigenvalue weighted by atomic mass is 9.78. The van der Waals surface area contributed by atoms with E-state index in [2.05, 4.69) is 40.5 Å². The number of aromatic nitrogens is 2. The smallest absolute Gasteiger partial charge is 0.225 e. The quantitative estimate of drug-likeness (QED) is 0.845. The monoisotopic (exact) mass is 355 g/mol. The lowest BCUT2D eigenvalue weighted by Gasteiger charge is -2.36. The normalized spacial score (nSPS) is 26.7. The molecule has 1 aromatic carbocycles. The Kier molecular flexibility index (Phi) is 5.02. The fourth-order valence-corrected chi connectivity index (χ4v) is 4.11. The van der Waals surface area contributed by atoms with Crippen molar-refractivity contribution in [3.8, 4) is 0 Å². The third-order valence-corrected chi connectivity index (χ3v) is 5.56. The van der Waals surface area contributed by atoms with Crippen molar-refractivity contribution >= 4 is 5.91 Å². The molecule has 2 aromatic rings. The topological polar surface area (TPSA) is 68.5 Å². The second-order valence-electron chi connectivity index (χ2n) is 7.27. The van der Waals surface area contributed by atoms with Crippen LogP contribution in [0.1, 0.15) is 55.0 Å². The van der Waals surface area contributed by atoms with E-state index in [-0.39, 0.29) is 17.9 Å². The summed E-state index contributed by atoms with van der Waals surface area (Å²) < 4.78 is 10.8. The van der Waals surface area contributed by atoms with Gasteiger partial charge in [0, 0.05) is 19.4 Å². The van der Waals surface area contributed by atoms with Gasteiger partial charge in [-0.2, -0.15) is 4.98 Å². The summed E-state index contributed by atoms with van der Waals surface area (Å²) in [5, 5.41) is 3.94. The van der Waals surface area contributed by atoms with Crippen LogP contribution in [0.25, 0.3) is 0 Å². The number of rotatable bonds is 3. The summed E-state index contributed by atoms with van der Waals surface area (Å²) in [6, 6.07) is 10.7. The molecule has 0 N–H and O–H groups in total. The van der Waals surface area contributed by atoms with Crippen LogP contribution in [0, 0.1) is 12.8 Å². The van der Waals surface area contributed by atoms with Gasteiger partial charge in [0.2, 0.25) is 17.6 Å². The Morgan fingerprint density at radius 3 is 2.62 bits per heavy atom. The minimum atomic E-state index is -0.286. The Morgan fingerprint density at radius 1 is 1.15 bits per heavy atom. The minimum Gasteiger partial charge on any atom is -0.366 e. The molecule has 6 nitrogen and oxygen atoms in total. The standard InChI is InChI=1S/C20H25N3O3/c1-14-21-19(22-26-14)18-13-23(11-12-25-18)20(24)17-9-7-16(8-10-17)15-5-3-2-4-6-15/h2-6,16-18H,7-13H2,1H3/t16?,17?,18-/m1/s1. The van der Waals surface area contributed by atoms with Crippen molar-refractivity contribution in [2.75, 3.05) is 19.7 Å². The summed E-state index contributed by atoms with van der Waals surface area (Å²) in [6.07, 6.45) is 3.80. The molecule has 0 unspecified atom stereocenters. The predicted molar refractivity (Wildman–Crippen MR) is 95.4 cm³/mol. The van der Waals surface area contributed by atoms with E-state index in [4.69, 9.17) is 9.26 Å². The molecule has 1 aliphatic carbocycles. The molecule has 1 atom stereocenters. The van der Waals surface area contributed by atoms with Gasteiger partial charge in [0.1, 0.15) is 6.10 Å². The first-order chi connectivity index (χ1) is 12.7. The van der Waals surface area contributed by atoms with Crippen LogP contribution in [-0.4, -0.2) is 40.6 Å². The number of hydrogen-bond acceptors (Lipinski definition) is 5. The summed E-state index contributed by atoms with van der Waals surface area (Å²) in [7, 11) is 0. The molecule has 0 spiro atoms. The molecule has 4 rings (SSSR count). The van der Waals surface area contributed by atoms with Crippen molar-refractivity contribution in [1.82, 2.24) is 15.0 Å². The third kappa shape index (κ3) is 3.65. The van der Waals surface area contributed by atoms with Crippen LogP contribution in [0.5, 0.6) is 0 Å².